The quantitative estimate of drug-likeness (QED) is 0.738. The summed E-state index contributed by atoms with van der Waals surface area (Å²) in [4.78, 5) is 17.5. The Morgan fingerprint density at radius 3 is 2.89 bits per heavy atom. The second-order valence-corrected chi connectivity index (χ2v) is 7.34. The lowest BCUT2D eigenvalue weighted by molar-refractivity contribution is 0.0777. The largest absolute Gasteiger partial charge is 0.357 e. The van der Waals surface area contributed by atoms with Crippen LogP contribution < -0.4 is 5.73 Å². The van der Waals surface area contributed by atoms with E-state index in [4.69, 9.17) is 5.73 Å². The summed E-state index contributed by atoms with van der Waals surface area (Å²) < 4.78 is 15.1. The Morgan fingerprint density at radius 2 is 2.11 bits per heavy atom. The van der Waals surface area contributed by atoms with Gasteiger partial charge in [0.15, 0.2) is 5.69 Å². The Morgan fingerprint density at radius 1 is 1.33 bits per heavy atom. The van der Waals surface area contributed by atoms with Crippen LogP contribution in [0.25, 0.3) is 10.9 Å². The highest BCUT2D eigenvalue weighted by Gasteiger charge is 2.23. The number of nitrogens with two attached hydrogens (primary N) is 1. The van der Waals surface area contributed by atoms with Crippen molar-refractivity contribution in [2.75, 3.05) is 7.05 Å². The fourth-order valence-corrected chi connectivity index (χ4v) is 3.69. The molecule has 0 bridgehead atoms. The molecule has 1 amide bonds. The number of benzene rings is 1. The Kier molecular flexibility index (Phi) is 4.65. The van der Waals surface area contributed by atoms with Gasteiger partial charge in [0.05, 0.1) is 18.8 Å². The summed E-state index contributed by atoms with van der Waals surface area (Å²) in [7, 11) is 1.72. The van der Waals surface area contributed by atoms with Crippen LogP contribution in [0, 0.1) is 5.82 Å². The molecule has 0 saturated heterocycles. The van der Waals surface area contributed by atoms with E-state index in [2.05, 4.69) is 15.3 Å². The molecule has 27 heavy (non-hydrogen) atoms. The predicted octanol–water partition coefficient (Wildman–Crippen LogP) is 2.61. The zero-order valence-electron chi connectivity index (χ0n) is 15.2. The van der Waals surface area contributed by atoms with E-state index < -0.39 is 0 Å². The Balaban J connectivity index is 1.44. The van der Waals surface area contributed by atoms with Crippen LogP contribution >= 0.6 is 0 Å². The van der Waals surface area contributed by atoms with Crippen LogP contribution in [0.5, 0.6) is 0 Å². The van der Waals surface area contributed by atoms with Crippen LogP contribution in [-0.2, 0) is 6.54 Å². The number of nitrogens with one attached hydrogen (secondary N) is 1. The van der Waals surface area contributed by atoms with Crippen molar-refractivity contribution in [2.24, 2.45) is 5.73 Å². The predicted molar refractivity (Wildman–Crippen MR) is 99.6 cm³/mol. The van der Waals surface area contributed by atoms with Crippen LogP contribution in [0.15, 0.2) is 30.5 Å². The zero-order chi connectivity index (χ0) is 19.0. The molecule has 0 unspecified atom stereocenters. The molecule has 3 N–H and O–H groups in total. The van der Waals surface area contributed by atoms with Crippen LogP contribution in [-0.4, -0.2) is 43.9 Å². The van der Waals surface area contributed by atoms with E-state index in [0.29, 0.717) is 12.2 Å². The van der Waals surface area contributed by atoms with E-state index in [9.17, 15) is 9.18 Å². The summed E-state index contributed by atoms with van der Waals surface area (Å²) >= 11 is 0. The van der Waals surface area contributed by atoms with Gasteiger partial charge in [0.25, 0.3) is 5.91 Å². The number of carbonyl (C=O) groups is 1. The van der Waals surface area contributed by atoms with Crippen LogP contribution in [0.4, 0.5) is 4.39 Å². The van der Waals surface area contributed by atoms with E-state index in [0.717, 1.165) is 42.3 Å². The van der Waals surface area contributed by atoms with Gasteiger partial charge in [-0.05, 0) is 49.9 Å². The summed E-state index contributed by atoms with van der Waals surface area (Å²) in [5.74, 6) is -0.476. The molecule has 3 aromatic rings. The maximum Gasteiger partial charge on any atom is 0.276 e. The van der Waals surface area contributed by atoms with Crippen molar-refractivity contribution in [3.05, 3.63) is 47.7 Å². The van der Waals surface area contributed by atoms with Gasteiger partial charge in [0, 0.05) is 29.7 Å². The highest BCUT2D eigenvalue weighted by molar-refractivity contribution is 5.91. The summed E-state index contributed by atoms with van der Waals surface area (Å²) in [5.41, 5.74) is 7.95. The van der Waals surface area contributed by atoms with Crippen molar-refractivity contribution >= 4 is 16.8 Å². The molecule has 0 radical (unpaired) electrons. The second kappa shape index (κ2) is 7.11. The average molecular weight is 370 g/mol. The van der Waals surface area contributed by atoms with Crippen molar-refractivity contribution in [1.82, 2.24) is 24.9 Å². The number of H-pyrrole nitrogens is 1. The molecule has 1 saturated carbocycles. The van der Waals surface area contributed by atoms with Gasteiger partial charge in [-0.1, -0.05) is 5.21 Å². The topological polar surface area (TPSA) is 92.8 Å². The number of aromatic amines is 1. The number of carbonyl (C=O) groups excluding carboxylic acids is 1. The number of hydrogen-bond donors (Lipinski definition) is 2. The summed E-state index contributed by atoms with van der Waals surface area (Å²) in [6.45, 7) is 0.375. The molecule has 0 atom stereocenters. The van der Waals surface area contributed by atoms with Gasteiger partial charge in [-0.25, -0.2) is 9.07 Å². The average Bonchev–Trinajstić information content (AvgIpc) is 3.28. The normalized spacial score (nSPS) is 20.1. The molecule has 1 aromatic carbocycles. The van der Waals surface area contributed by atoms with Crippen LogP contribution in [0.3, 0.4) is 0 Å². The lowest BCUT2D eigenvalue weighted by Gasteiger charge is -2.25. The molecule has 7 nitrogen and oxygen atoms in total. The van der Waals surface area contributed by atoms with Gasteiger partial charge in [0.2, 0.25) is 0 Å². The number of rotatable bonds is 4. The summed E-state index contributed by atoms with van der Waals surface area (Å²) in [6.07, 6.45) is 5.57. The highest BCUT2D eigenvalue weighted by atomic mass is 19.1. The second-order valence-electron chi connectivity index (χ2n) is 7.34. The van der Waals surface area contributed by atoms with Gasteiger partial charge >= 0.3 is 0 Å². The lowest BCUT2D eigenvalue weighted by Crippen LogP contribution is -2.28. The number of hydrogen-bond acceptors (Lipinski definition) is 4. The van der Waals surface area contributed by atoms with Gasteiger partial charge in [0.1, 0.15) is 5.82 Å². The number of fused-ring (bicyclic) bond motifs is 1. The molecule has 2 aromatic heterocycles. The van der Waals surface area contributed by atoms with Crippen molar-refractivity contribution in [1.29, 1.82) is 0 Å². The first kappa shape index (κ1) is 17.7. The fraction of sp³-hybridized carbons (Fsp3) is 0.421. The fourth-order valence-electron chi connectivity index (χ4n) is 3.69. The molecule has 2 heterocycles. The molecule has 8 heteroatoms. The van der Waals surface area contributed by atoms with E-state index in [1.807, 2.05) is 6.07 Å². The highest BCUT2D eigenvalue weighted by Crippen LogP contribution is 2.27. The van der Waals surface area contributed by atoms with Gasteiger partial charge in [-0.15, -0.1) is 5.10 Å². The Labute approximate surface area is 156 Å². The molecular formula is C19H23FN6O. The Bertz CT molecular complexity index is 956. The summed E-state index contributed by atoms with van der Waals surface area (Å²) in [5, 5.41) is 8.99. The first-order valence-electron chi connectivity index (χ1n) is 9.19. The van der Waals surface area contributed by atoms with E-state index >= 15 is 0 Å². The monoisotopic (exact) mass is 370 g/mol. The number of halogens is 1. The standard InChI is InChI=1S/C19H23FN6O/c1-25(10-15-9-12-8-13(20)2-7-17(12)22-15)19(27)18-11-26(24-23-18)16-5-3-14(21)4-6-16/h2,7-9,11,14,16,22H,3-6,10,21H2,1H3. The van der Waals surface area contributed by atoms with Crippen molar-refractivity contribution in [3.8, 4) is 0 Å². The molecule has 0 spiro atoms. The minimum atomic E-state index is -0.280. The third-order valence-corrected chi connectivity index (χ3v) is 5.24. The zero-order valence-corrected chi connectivity index (χ0v) is 15.2. The van der Waals surface area contributed by atoms with Crippen molar-refractivity contribution < 1.29 is 9.18 Å². The number of nitrogens with zero attached hydrogens (tertiary/aromatic N) is 4. The van der Waals surface area contributed by atoms with Crippen molar-refractivity contribution in [3.63, 3.8) is 0 Å². The third-order valence-electron chi connectivity index (χ3n) is 5.24. The van der Waals surface area contributed by atoms with Gasteiger partial charge in [-0.2, -0.15) is 0 Å². The van der Waals surface area contributed by atoms with Crippen LogP contribution in [0.1, 0.15) is 47.9 Å². The molecule has 1 aliphatic rings. The number of amides is 1. The smallest absolute Gasteiger partial charge is 0.276 e. The SMILES string of the molecule is CN(Cc1cc2cc(F)ccc2[nH]1)C(=O)c1cn(C2CCC(N)CC2)nn1. The molecule has 1 aliphatic carbocycles. The van der Waals surface area contributed by atoms with Gasteiger partial charge in [-0.3, -0.25) is 4.79 Å². The molecular weight excluding hydrogens is 347 g/mol. The van der Waals surface area contributed by atoms with E-state index in [1.54, 1.807) is 28.9 Å². The molecule has 4 rings (SSSR count). The van der Waals surface area contributed by atoms with Crippen LogP contribution in [0.2, 0.25) is 0 Å². The van der Waals surface area contributed by atoms with E-state index in [1.165, 1.54) is 12.1 Å². The molecule has 142 valence electrons. The summed E-state index contributed by atoms with van der Waals surface area (Å²) in [6, 6.07) is 6.95. The van der Waals surface area contributed by atoms with Gasteiger partial charge < -0.3 is 15.6 Å². The van der Waals surface area contributed by atoms with E-state index in [-0.39, 0.29) is 23.8 Å². The first-order valence-corrected chi connectivity index (χ1v) is 9.19. The minimum Gasteiger partial charge on any atom is -0.357 e. The third kappa shape index (κ3) is 3.71. The number of aromatic nitrogens is 4. The first-order chi connectivity index (χ1) is 13.0. The minimum absolute atomic E-state index is 0.196. The maximum absolute atomic E-state index is 13.3. The molecule has 0 aliphatic heterocycles. The van der Waals surface area contributed by atoms with Crippen molar-refractivity contribution in [2.45, 2.75) is 44.3 Å². The maximum atomic E-state index is 13.3. The lowest BCUT2D eigenvalue weighted by atomic mass is 9.92. The Hall–Kier alpha value is -2.74. The molecule has 1 fully saturated rings.